The summed E-state index contributed by atoms with van der Waals surface area (Å²) < 4.78 is 1.91. The van der Waals surface area contributed by atoms with Crippen LogP contribution < -0.4 is 5.32 Å². The molecule has 19 heavy (non-hydrogen) atoms. The Morgan fingerprint density at radius 2 is 2.16 bits per heavy atom. The van der Waals surface area contributed by atoms with Crippen LogP contribution in [0.15, 0.2) is 12.4 Å². The molecule has 2 atom stereocenters. The summed E-state index contributed by atoms with van der Waals surface area (Å²) >= 11 is 0. The van der Waals surface area contributed by atoms with Gasteiger partial charge in [0.1, 0.15) is 0 Å². The number of aryl methyl sites for hydroxylation is 2. The van der Waals surface area contributed by atoms with E-state index in [1.165, 1.54) is 44.2 Å². The zero-order valence-electron chi connectivity index (χ0n) is 12.7. The van der Waals surface area contributed by atoms with Gasteiger partial charge in [0, 0.05) is 13.2 Å². The van der Waals surface area contributed by atoms with Gasteiger partial charge in [0.2, 0.25) is 0 Å². The summed E-state index contributed by atoms with van der Waals surface area (Å²) in [5.74, 6) is 2.57. The highest BCUT2D eigenvalue weighted by Gasteiger charge is 2.26. The Labute approximate surface area is 117 Å². The summed E-state index contributed by atoms with van der Waals surface area (Å²) in [5.41, 5.74) is 1.39. The van der Waals surface area contributed by atoms with Crippen LogP contribution in [-0.2, 0) is 13.5 Å². The minimum absolute atomic E-state index is 0.759. The van der Waals surface area contributed by atoms with Crippen LogP contribution in [0.25, 0.3) is 0 Å². The Balaban J connectivity index is 1.72. The van der Waals surface area contributed by atoms with Gasteiger partial charge in [-0.05, 0) is 55.7 Å². The molecule has 0 amide bonds. The van der Waals surface area contributed by atoms with E-state index in [4.69, 9.17) is 0 Å². The van der Waals surface area contributed by atoms with Crippen molar-refractivity contribution in [2.75, 3.05) is 13.1 Å². The van der Waals surface area contributed by atoms with Crippen molar-refractivity contribution in [1.29, 1.82) is 0 Å². The lowest BCUT2D eigenvalue weighted by Gasteiger charge is -2.20. The van der Waals surface area contributed by atoms with E-state index in [9.17, 15) is 0 Å². The molecule has 108 valence electrons. The molecule has 1 heterocycles. The van der Waals surface area contributed by atoms with Gasteiger partial charge in [-0.25, -0.2) is 0 Å². The number of nitrogens with zero attached hydrogens (tertiary/aromatic N) is 2. The molecule has 0 saturated heterocycles. The van der Waals surface area contributed by atoms with Crippen molar-refractivity contribution < 1.29 is 0 Å². The maximum atomic E-state index is 4.25. The van der Waals surface area contributed by atoms with Gasteiger partial charge in [-0.2, -0.15) is 5.10 Å². The van der Waals surface area contributed by atoms with Crippen molar-refractivity contribution in [3.05, 3.63) is 18.0 Å². The highest BCUT2D eigenvalue weighted by Crippen LogP contribution is 2.34. The molecule has 1 aromatic heterocycles. The number of nitrogens with one attached hydrogen (secondary N) is 1. The molecule has 1 N–H and O–H groups in total. The smallest absolute Gasteiger partial charge is 0.0521 e. The van der Waals surface area contributed by atoms with Gasteiger partial charge < -0.3 is 5.32 Å². The topological polar surface area (TPSA) is 29.9 Å². The first-order chi connectivity index (χ1) is 9.15. The van der Waals surface area contributed by atoms with Crippen LogP contribution >= 0.6 is 0 Å². The van der Waals surface area contributed by atoms with Crippen molar-refractivity contribution >= 4 is 0 Å². The predicted octanol–water partition coefficient (Wildman–Crippen LogP) is 3.01. The second kappa shape index (κ2) is 7.09. The second-order valence-electron chi connectivity index (χ2n) is 6.56. The van der Waals surface area contributed by atoms with E-state index in [0.29, 0.717) is 0 Å². The third-order valence-corrected chi connectivity index (χ3v) is 4.34. The van der Waals surface area contributed by atoms with E-state index >= 15 is 0 Å². The van der Waals surface area contributed by atoms with E-state index in [-0.39, 0.29) is 0 Å². The zero-order chi connectivity index (χ0) is 13.7. The van der Waals surface area contributed by atoms with Gasteiger partial charge in [0.15, 0.2) is 0 Å². The van der Waals surface area contributed by atoms with E-state index in [1.54, 1.807) is 0 Å². The van der Waals surface area contributed by atoms with Crippen LogP contribution in [0.1, 0.15) is 45.1 Å². The first-order valence-corrected chi connectivity index (χ1v) is 7.83. The zero-order valence-corrected chi connectivity index (χ0v) is 12.7. The highest BCUT2D eigenvalue weighted by atomic mass is 15.2. The normalized spacial score (nSPS) is 23.4. The van der Waals surface area contributed by atoms with E-state index in [0.717, 1.165) is 24.3 Å². The third-order valence-electron chi connectivity index (χ3n) is 4.34. The van der Waals surface area contributed by atoms with Gasteiger partial charge in [0.05, 0.1) is 6.20 Å². The lowest BCUT2D eigenvalue weighted by molar-refractivity contribution is 0.341. The fourth-order valence-electron chi connectivity index (χ4n) is 3.27. The Kier molecular flexibility index (Phi) is 5.44. The van der Waals surface area contributed by atoms with Crippen LogP contribution in [0.5, 0.6) is 0 Å². The fraction of sp³-hybridized carbons (Fsp3) is 0.812. The molecule has 0 bridgehead atoms. The van der Waals surface area contributed by atoms with E-state index in [2.05, 4.69) is 30.5 Å². The molecule has 0 aromatic carbocycles. The molecule has 3 heteroatoms. The van der Waals surface area contributed by atoms with Crippen molar-refractivity contribution in [2.45, 2.75) is 46.0 Å². The first-order valence-electron chi connectivity index (χ1n) is 7.83. The molecule has 1 aromatic rings. The molecule has 1 aliphatic rings. The number of hydrogen-bond donors (Lipinski definition) is 1. The summed E-state index contributed by atoms with van der Waals surface area (Å²) in [6.45, 7) is 6.94. The largest absolute Gasteiger partial charge is 0.316 e. The summed E-state index contributed by atoms with van der Waals surface area (Å²) in [5, 5.41) is 7.90. The van der Waals surface area contributed by atoms with Crippen LogP contribution in [0.3, 0.4) is 0 Å². The summed E-state index contributed by atoms with van der Waals surface area (Å²) in [6, 6.07) is 0. The summed E-state index contributed by atoms with van der Waals surface area (Å²) in [4.78, 5) is 0. The minimum Gasteiger partial charge on any atom is -0.316 e. The quantitative estimate of drug-likeness (QED) is 0.819. The standard InChI is InChI=1S/C16H29N3/c1-13(2)9-17-11-16-6-4-5-15(16)8-7-14-10-18-19(3)12-14/h10,12-13,15-17H,4-9,11H2,1-3H3. The highest BCUT2D eigenvalue weighted by molar-refractivity contribution is 5.04. The molecule has 1 fully saturated rings. The predicted molar refractivity (Wildman–Crippen MR) is 80.1 cm³/mol. The molecule has 0 radical (unpaired) electrons. The SMILES string of the molecule is CC(C)CNCC1CCCC1CCc1cnn(C)c1. The van der Waals surface area contributed by atoms with Gasteiger partial charge in [0.25, 0.3) is 0 Å². The number of rotatable bonds is 7. The van der Waals surface area contributed by atoms with Crippen molar-refractivity contribution in [1.82, 2.24) is 15.1 Å². The monoisotopic (exact) mass is 263 g/mol. The van der Waals surface area contributed by atoms with Gasteiger partial charge in [-0.1, -0.05) is 26.7 Å². The summed E-state index contributed by atoms with van der Waals surface area (Å²) in [7, 11) is 2.00. The number of hydrogen-bond acceptors (Lipinski definition) is 2. The molecule has 2 rings (SSSR count). The maximum absolute atomic E-state index is 4.25. The Morgan fingerprint density at radius 1 is 1.37 bits per heavy atom. The van der Waals surface area contributed by atoms with Crippen molar-refractivity contribution in [3.63, 3.8) is 0 Å². The van der Waals surface area contributed by atoms with Crippen molar-refractivity contribution in [3.8, 4) is 0 Å². The summed E-state index contributed by atoms with van der Waals surface area (Å²) in [6.07, 6.45) is 11.0. The Morgan fingerprint density at radius 3 is 2.84 bits per heavy atom. The Hall–Kier alpha value is -0.830. The van der Waals surface area contributed by atoms with Crippen LogP contribution in [0.2, 0.25) is 0 Å². The molecular weight excluding hydrogens is 234 g/mol. The average molecular weight is 263 g/mol. The molecule has 0 spiro atoms. The van der Waals surface area contributed by atoms with Crippen molar-refractivity contribution in [2.24, 2.45) is 24.8 Å². The lowest BCUT2D eigenvalue weighted by atomic mass is 9.90. The number of aromatic nitrogens is 2. The molecule has 3 nitrogen and oxygen atoms in total. The minimum atomic E-state index is 0.759. The third kappa shape index (κ3) is 4.64. The van der Waals surface area contributed by atoms with Gasteiger partial charge in [-0.15, -0.1) is 0 Å². The first kappa shape index (κ1) is 14.6. The maximum Gasteiger partial charge on any atom is 0.0521 e. The average Bonchev–Trinajstić information content (AvgIpc) is 2.95. The van der Waals surface area contributed by atoms with Gasteiger partial charge >= 0.3 is 0 Å². The molecule has 1 saturated carbocycles. The van der Waals surface area contributed by atoms with Crippen LogP contribution in [0, 0.1) is 17.8 Å². The van der Waals surface area contributed by atoms with Gasteiger partial charge in [-0.3, -0.25) is 4.68 Å². The van der Waals surface area contributed by atoms with Crippen LogP contribution in [-0.4, -0.2) is 22.9 Å². The van der Waals surface area contributed by atoms with Crippen LogP contribution in [0.4, 0.5) is 0 Å². The lowest BCUT2D eigenvalue weighted by Crippen LogP contribution is -2.28. The second-order valence-corrected chi connectivity index (χ2v) is 6.56. The molecule has 2 unspecified atom stereocenters. The fourth-order valence-corrected chi connectivity index (χ4v) is 3.27. The molecular formula is C16H29N3. The van der Waals surface area contributed by atoms with E-state index in [1.807, 2.05) is 17.9 Å². The van der Waals surface area contributed by atoms with E-state index < -0.39 is 0 Å². The molecule has 1 aliphatic carbocycles. The Bertz CT molecular complexity index is 370. The molecule has 0 aliphatic heterocycles.